The van der Waals surface area contributed by atoms with E-state index in [1.165, 1.54) is 22.9 Å². The summed E-state index contributed by atoms with van der Waals surface area (Å²) in [6, 6.07) is 13.6. The SMILES string of the molecule is C=CC(=O)N(C)CC[C@@H](C(=O)N1C[C@H](Oc2cc(-c3ccccc3)nc3cc(OC)ccc23)C[C@H]1C(=O)N[C@]1(C(=O)NS(=O)(=O)C2CC2)C[C@H]1C=C)N(C(=O)O)C1CCCC1. The number of pyridine rings is 1. The molecule has 3 saturated carbocycles. The van der Waals surface area contributed by atoms with E-state index in [1.54, 1.807) is 31.4 Å². The number of aromatic nitrogens is 1. The van der Waals surface area contributed by atoms with E-state index in [0.29, 0.717) is 53.8 Å². The first-order valence-electron chi connectivity index (χ1n) is 20.6. The van der Waals surface area contributed by atoms with E-state index in [1.807, 2.05) is 30.3 Å². The monoisotopic (exact) mass is 856 g/mol. The lowest BCUT2D eigenvalue weighted by molar-refractivity contribution is -0.144. The molecule has 3 aromatic rings. The van der Waals surface area contributed by atoms with Gasteiger partial charge in [0.2, 0.25) is 27.7 Å². The maximum atomic E-state index is 15.1. The van der Waals surface area contributed by atoms with Crippen molar-refractivity contribution in [2.75, 3.05) is 27.2 Å². The van der Waals surface area contributed by atoms with E-state index in [0.717, 1.165) is 29.4 Å². The number of benzene rings is 2. The lowest BCUT2D eigenvalue weighted by atomic mass is 10.0. The molecule has 1 aliphatic heterocycles. The Bertz CT molecular complexity index is 2330. The molecule has 16 nitrogen and oxygen atoms in total. The Kier molecular flexibility index (Phi) is 12.4. The van der Waals surface area contributed by atoms with Crippen LogP contribution in [0.4, 0.5) is 4.79 Å². The summed E-state index contributed by atoms with van der Waals surface area (Å²) >= 11 is 0. The summed E-state index contributed by atoms with van der Waals surface area (Å²) in [6.07, 6.45) is 3.92. The molecule has 0 spiro atoms. The first-order valence-corrected chi connectivity index (χ1v) is 22.1. The third-order valence-corrected chi connectivity index (χ3v) is 14.1. The average molecular weight is 857 g/mol. The van der Waals surface area contributed by atoms with Gasteiger partial charge in [-0.2, -0.15) is 0 Å². The zero-order valence-electron chi connectivity index (χ0n) is 34.3. The van der Waals surface area contributed by atoms with Crippen LogP contribution in [-0.4, -0.2) is 125 Å². The number of likely N-dealkylation sites (tertiary alicyclic amines) is 1. The molecule has 3 aliphatic carbocycles. The fourth-order valence-electron chi connectivity index (χ4n) is 8.61. The van der Waals surface area contributed by atoms with Crippen molar-refractivity contribution < 1.29 is 47.0 Å². The first kappa shape index (κ1) is 43.1. The number of amides is 5. The van der Waals surface area contributed by atoms with E-state index in [4.69, 9.17) is 14.5 Å². The molecule has 1 aromatic heterocycles. The van der Waals surface area contributed by atoms with Gasteiger partial charge in [0.15, 0.2) is 0 Å². The summed E-state index contributed by atoms with van der Waals surface area (Å²) in [6.45, 7) is 7.20. The lowest BCUT2D eigenvalue weighted by Crippen LogP contribution is -2.59. The minimum Gasteiger partial charge on any atom is -0.497 e. The Morgan fingerprint density at radius 1 is 1.05 bits per heavy atom. The number of ether oxygens (including phenoxy) is 2. The Balaban J connectivity index is 1.25. The van der Waals surface area contributed by atoms with Crippen LogP contribution in [0.25, 0.3) is 22.2 Å². The molecule has 2 heterocycles. The van der Waals surface area contributed by atoms with Gasteiger partial charge < -0.3 is 29.7 Å². The molecule has 0 bridgehead atoms. The van der Waals surface area contributed by atoms with Gasteiger partial charge in [0.1, 0.15) is 35.2 Å². The number of hydrogen-bond acceptors (Lipinski definition) is 10. The first-order chi connectivity index (χ1) is 29.2. The smallest absolute Gasteiger partial charge is 0.408 e. The van der Waals surface area contributed by atoms with Crippen molar-refractivity contribution in [1.29, 1.82) is 0 Å². The van der Waals surface area contributed by atoms with Crippen molar-refractivity contribution in [1.82, 2.24) is 29.7 Å². The van der Waals surface area contributed by atoms with Crippen LogP contribution in [0.5, 0.6) is 11.5 Å². The second-order valence-corrected chi connectivity index (χ2v) is 18.3. The highest BCUT2D eigenvalue weighted by Crippen LogP contribution is 2.46. The fraction of sp³-hybridized carbons (Fsp3) is 0.455. The van der Waals surface area contributed by atoms with Gasteiger partial charge in [-0.1, -0.05) is 55.8 Å². The lowest BCUT2D eigenvalue weighted by Gasteiger charge is -2.37. The molecule has 2 aromatic carbocycles. The summed E-state index contributed by atoms with van der Waals surface area (Å²) < 4.78 is 40.1. The van der Waals surface area contributed by atoms with Crippen LogP contribution in [0.1, 0.15) is 57.8 Å². The predicted molar refractivity (Wildman–Crippen MR) is 226 cm³/mol. The highest BCUT2D eigenvalue weighted by atomic mass is 32.2. The Labute approximate surface area is 355 Å². The van der Waals surface area contributed by atoms with Crippen molar-refractivity contribution in [2.45, 2.75) is 92.8 Å². The average Bonchev–Trinajstić information content (AvgIpc) is 4.13. The number of likely N-dealkylation sites (N-methyl/N-ethyl adjacent to an activating group) is 1. The Morgan fingerprint density at radius 2 is 1.77 bits per heavy atom. The van der Waals surface area contributed by atoms with Crippen LogP contribution in [0.2, 0.25) is 0 Å². The number of hydrogen-bond donors (Lipinski definition) is 3. The summed E-state index contributed by atoms with van der Waals surface area (Å²) in [5, 5.41) is 13.4. The van der Waals surface area contributed by atoms with Gasteiger partial charge in [-0.25, -0.2) is 18.2 Å². The molecule has 5 atom stereocenters. The van der Waals surface area contributed by atoms with Gasteiger partial charge in [0.05, 0.1) is 30.1 Å². The number of carbonyl (C=O) groups is 5. The van der Waals surface area contributed by atoms with E-state index < -0.39 is 80.7 Å². The molecule has 5 amide bonds. The predicted octanol–water partition coefficient (Wildman–Crippen LogP) is 4.25. The van der Waals surface area contributed by atoms with Crippen molar-refractivity contribution >= 4 is 50.6 Å². The van der Waals surface area contributed by atoms with E-state index in [9.17, 15) is 32.7 Å². The third kappa shape index (κ3) is 9.06. The number of methoxy groups -OCH3 is 1. The summed E-state index contributed by atoms with van der Waals surface area (Å²) in [7, 11) is -0.888. The molecule has 0 unspecified atom stereocenters. The molecule has 17 heteroatoms. The normalized spacial score (nSPS) is 22.8. The molecule has 1 saturated heterocycles. The van der Waals surface area contributed by atoms with Crippen LogP contribution in [0.3, 0.4) is 0 Å². The van der Waals surface area contributed by atoms with E-state index >= 15 is 4.79 Å². The zero-order chi connectivity index (χ0) is 43.6. The third-order valence-electron chi connectivity index (χ3n) is 12.3. The maximum absolute atomic E-state index is 15.1. The molecular weight excluding hydrogens is 805 g/mol. The summed E-state index contributed by atoms with van der Waals surface area (Å²) in [5.74, 6) is -2.30. The van der Waals surface area contributed by atoms with E-state index in [2.05, 4.69) is 23.2 Å². The van der Waals surface area contributed by atoms with Gasteiger partial charge in [-0.05, 0) is 56.7 Å². The minimum atomic E-state index is -3.97. The van der Waals surface area contributed by atoms with E-state index in [-0.39, 0.29) is 32.4 Å². The number of nitrogens with one attached hydrogen (secondary N) is 2. The van der Waals surface area contributed by atoms with Gasteiger partial charge >= 0.3 is 6.09 Å². The van der Waals surface area contributed by atoms with Crippen molar-refractivity contribution in [3.63, 3.8) is 0 Å². The van der Waals surface area contributed by atoms with Crippen molar-refractivity contribution in [3.05, 3.63) is 79.9 Å². The van der Waals surface area contributed by atoms with Crippen molar-refractivity contribution in [2.24, 2.45) is 5.92 Å². The quantitative estimate of drug-likeness (QED) is 0.129. The van der Waals surface area contributed by atoms with Gasteiger partial charge in [0.25, 0.3) is 5.91 Å². The second kappa shape index (κ2) is 17.6. The molecule has 3 N–H and O–H groups in total. The van der Waals surface area contributed by atoms with Crippen LogP contribution >= 0.6 is 0 Å². The number of sulfonamides is 1. The topological polar surface area (TPSA) is 205 Å². The Morgan fingerprint density at radius 3 is 2.39 bits per heavy atom. The number of nitrogens with zero attached hydrogens (tertiary/aromatic N) is 4. The molecule has 7 rings (SSSR count). The minimum absolute atomic E-state index is 0.0108. The van der Waals surface area contributed by atoms with Crippen LogP contribution in [0, 0.1) is 5.92 Å². The largest absolute Gasteiger partial charge is 0.497 e. The standard InChI is InChI=1S/C44H52N6O10S/c1-5-28-25-44(28,42(54)47-61(57,58)32-17-18-32)46-40(52)37-23-31(60-38-24-34(27-12-8-7-9-13-27)45-35-22-30(59-4)16-19-33(35)38)26-49(37)41(53)36(20-21-48(3)39(51)6-2)50(43(55)56)29-14-10-11-15-29/h5-9,12-13,16,19,22,24,28-29,31-32,36-37H,1-2,10-11,14-15,17-18,20-21,23,25-26H2,3-4H3,(H,46,52)(H,47,54)(H,55,56)/t28-,31-,36+,37+,44-/m1/s1. The van der Waals surface area contributed by atoms with Crippen LogP contribution < -0.4 is 19.5 Å². The number of rotatable bonds is 17. The van der Waals surface area contributed by atoms with Gasteiger partial charge in [-0.3, -0.25) is 28.8 Å². The number of carbonyl (C=O) groups excluding carboxylic acids is 4. The summed E-state index contributed by atoms with van der Waals surface area (Å²) in [5.41, 5.74) is 0.348. The van der Waals surface area contributed by atoms with Crippen molar-refractivity contribution in [3.8, 4) is 22.8 Å². The molecule has 4 fully saturated rings. The van der Waals surface area contributed by atoms with Gasteiger partial charge in [-0.15, -0.1) is 6.58 Å². The Hall–Kier alpha value is -5.97. The maximum Gasteiger partial charge on any atom is 0.408 e. The van der Waals surface area contributed by atoms with Crippen LogP contribution in [0.15, 0.2) is 79.9 Å². The fourth-order valence-corrected chi connectivity index (χ4v) is 9.98. The number of fused-ring (bicyclic) bond motifs is 1. The van der Waals surface area contributed by atoms with Crippen LogP contribution in [-0.2, 0) is 29.2 Å². The molecule has 324 valence electrons. The number of carboxylic acid groups (broad SMARTS) is 1. The second-order valence-electron chi connectivity index (χ2n) is 16.3. The highest BCUT2D eigenvalue weighted by Gasteiger charge is 2.62. The molecular formula is C44H52N6O10S. The molecule has 4 aliphatic rings. The highest BCUT2D eigenvalue weighted by molar-refractivity contribution is 7.91. The molecule has 61 heavy (non-hydrogen) atoms. The van der Waals surface area contributed by atoms with Gasteiger partial charge in [0, 0.05) is 55.1 Å². The summed E-state index contributed by atoms with van der Waals surface area (Å²) in [4.78, 5) is 77.7. The zero-order valence-corrected chi connectivity index (χ0v) is 35.1. The molecule has 0 radical (unpaired) electrons.